The summed E-state index contributed by atoms with van der Waals surface area (Å²) in [6.45, 7) is 2.50. The zero-order valence-electron chi connectivity index (χ0n) is 11.0. The molecule has 7 heteroatoms. The predicted molar refractivity (Wildman–Crippen MR) is 69.6 cm³/mol. The quantitative estimate of drug-likeness (QED) is 0.781. The van der Waals surface area contributed by atoms with Crippen molar-refractivity contribution in [3.8, 4) is 0 Å². The minimum atomic E-state index is -0.509. The van der Waals surface area contributed by atoms with E-state index in [2.05, 4.69) is 19.7 Å². The number of H-pyrrole nitrogens is 1. The molecule has 0 aromatic carbocycles. The van der Waals surface area contributed by atoms with E-state index in [1.165, 1.54) is 7.11 Å². The van der Waals surface area contributed by atoms with Gasteiger partial charge in [-0.15, -0.1) is 0 Å². The molecule has 0 spiro atoms. The lowest BCUT2D eigenvalue weighted by atomic mass is 10.3. The fourth-order valence-corrected chi connectivity index (χ4v) is 1.95. The molecule has 0 aliphatic heterocycles. The van der Waals surface area contributed by atoms with Crippen molar-refractivity contribution in [1.82, 2.24) is 19.5 Å². The lowest BCUT2D eigenvalue weighted by Crippen LogP contribution is -2.09. The third kappa shape index (κ3) is 2.75. The molecule has 7 nitrogen and oxygen atoms in total. The molecule has 2 aromatic heterocycles. The Labute approximate surface area is 110 Å². The highest BCUT2D eigenvalue weighted by Crippen LogP contribution is 2.16. The number of aromatic amines is 1. The van der Waals surface area contributed by atoms with Gasteiger partial charge in [0, 0.05) is 25.4 Å². The van der Waals surface area contributed by atoms with Crippen LogP contribution in [0.5, 0.6) is 0 Å². The molecule has 2 aromatic rings. The van der Waals surface area contributed by atoms with Crippen LogP contribution in [0.25, 0.3) is 0 Å². The lowest BCUT2D eigenvalue weighted by Gasteiger charge is -2.06. The molecule has 2 rings (SSSR count). The number of nitrogens with one attached hydrogen (secondary N) is 1. The van der Waals surface area contributed by atoms with E-state index in [1.807, 2.05) is 11.5 Å². The van der Waals surface area contributed by atoms with Gasteiger partial charge in [-0.1, -0.05) is 0 Å². The molecule has 102 valence electrons. The molecule has 0 fully saturated rings. The third-order valence-electron chi connectivity index (χ3n) is 2.93. The second kappa shape index (κ2) is 5.55. The van der Waals surface area contributed by atoms with Crippen LogP contribution in [0.15, 0.2) is 12.4 Å². The number of aryl methyl sites for hydroxylation is 2. The molecule has 0 amide bonds. The van der Waals surface area contributed by atoms with Crippen LogP contribution < -0.4 is 5.73 Å². The summed E-state index contributed by atoms with van der Waals surface area (Å²) < 4.78 is 6.45. The monoisotopic (exact) mass is 263 g/mol. The van der Waals surface area contributed by atoms with Crippen molar-refractivity contribution in [3.63, 3.8) is 0 Å². The maximum absolute atomic E-state index is 11.5. The van der Waals surface area contributed by atoms with Crippen LogP contribution in [0.1, 0.15) is 28.6 Å². The highest BCUT2D eigenvalue weighted by atomic mass is 16.5. The topological polar surface area (TPSA) is 98.8 Å². The molecule has 0 atom stereocenters. The maximum atomic E-state index is 11.5. The van der Waals surface area contributed by atoms with E-state index in [9.17, 15) is 4.79 Å². The Bertz CT molecular complexity index is 559. The summed E-state index contributed by atoms with van der Waals surface area (Å²) in [5, 5.41) is 0. The number of hydrogen-bond acceptors (Lipinski definition) is 5. The highest BCUT2D eigenvalue weighted by Gasteiger charge is 2.18. The molecular weight excluding hydrogens is 246 g/mol. The van der Waals surface area contributed by atoms with Gasteiger partial charge in [0.2, 0.25) is 0 Å². The Morgan fingerprint density at radius 3 is 3.00 bits per heavy atom. The number of nitrogen functional groups attached to an aromatic ring is 1. The van der Waals surface area contributed by atoms with Gasteiger partial charge >= 0.3 is 5.97 Å². The standard InChI is InChI=1S/C12H17N5O2/c1-8-16-10(12(18)19-2)11(13)17(8)7-3-4-9-14-5-6-15-9/h5-6H,3-4,7,13H2,1-2H3,(H,14,15). The smallest absolute Gasteiger partial charge is 0.360 e. The van der Waals surface area contributed by atoms with Crippen molar-refractivity contribution < 1.29 is 9.53 Å². The molecule has 0 aliphatic rings. The minimum absolute atomic E-state index is 0.179. The van der Waals surface area contributed by atoms with Gasteiger partial charge in [0.25, 0.3) is 0 Å². The van der Waals surface area contributed by atoms with E-state index in [0.717, 1.165) is 18.7 Å². The summed E-state index contributed by atoms with van der Waals surface area (Å²) >= 11 is 0. The Morgan fingerprint density at radius 2 is 2.37 bits per heavy atom. The van der Waals surface area contributed by atoms with E-state index in [-0.39, 0.29) is 5.69 Å². The number of carbonyl (C=O) groups excluding carboxylic acids is 1. The number of imidazole rings is 2. The summed E-state index contributed by atoms with van der Waals surface area (Å²) in [5.41, 5.74) is 6.09. The Balaban J connectivity index is 2.04. The van der Waals surface area contributed by atoms with Crippen LogP contribution in [0.3, 0.4) is 0 Å². The second-order valence-corrected chi connectivity index (χ2v) is 4.18. The fraction of sp³-hybridized carbons (Fsp3) is 0.417. The molecule has 0 radical (unpaired) electrons. The number of aromatic nitrogens is 4. The van der Waals surface area contributed by atoms with E-state index < -0.39 is 5.97 Å². The molecule has 0 aliphatic carbocycles. The van der Waals surface area contributed by atoms with Crippen molar-refractivity contribution in [2.24, 2.45) is 0 Å². The number of carbonyl (C=O) groups is 1. The lowest BCUT2D eigenvalue weighted by molar-refractivity contribution is 0.0595. The number of anilines is 1. The van der Waals surface area contributed by atoms with Gasteiger partial charge in [0.15, 0.2) is 5.69 Å². The first kappa shape index (κ1) is 13.1. The molecule has 0 bridgehead atoms. The molecule has 0 unspecified atom stereocenters. The molecule has 0 saturated heterocycles. The number of nitrogens with zero attached hydrogens (tertiary/aromatic N) is 3. The van der Waals surface area contributed by atoms with Crippen molar-refractivity contribution in [2.75, 3.05) is 12.8 Å². The molecule has 0 saturated carbocycles. The van der Waals surface area contributed by atoms with E-state index in [1.54, 1.807) is 12.4 Å². The number of hydrogen-bond donors (Lipinski definition) is 2. The van der Waals surface area contributed by atoms with Crippen molar-refractivity contribution in [3.05, 3.63) is 29.7 Å². The zero-order chi connectivity index (χ0) is 13.8. The maximum Gasteiger partial charge on any atom is 0.360 e. The fourth-order valence-electron chi connectivity index (χ4n) is 1.95. The van der Waals surface area contributed by atoms with E-state index in [0.29, 0.717) is 18.2 Å². The first-order chi connectivity index (χ1) is 9.13. The number of ether oxygens (including phenoxy) is 1. The van der Waals surface area contributed by atoms with Gasteiger partial charge in [0.1, 0.15) is 17.5 Å². The van der Waals surface area contributed by atoms with Gasteiger partial charge < -0.3 is 20.0 Å². The van der Waals surface area contributed by atoms with Crippen molar-refractivity contribution >= 4 is 11.8 Å². The van der Waals surface area contributed by atoms with E-state index in [4.69, 9.17) is 5.73 Å². The normalized spacial score (nSPS) is 10.6. The molecular formula is C12H17N5O2. The van der Waals surface area contributed by atoms with Gasteiger partial charge in [0.05, 0.1) is 7.11 Å². The van der Waals surface area contributed by atoms with Crippen molar-refractivity contribution in [1.29, 1.82) is 0 Å². The summed E-state index contributed by atoms with van der Waals surface area (Å²) in [5.74, 6) is 1.48. The van der Waals surface area contributed by atoms with Crippen LogP contribution >= 0.6 is 0 Å². The predicted octanol–water partition coefficient (Wildman–Crippen LogP) is 0.916. The Hall–Kier alpha value is -2.31. The second-order valence-electron chi connectivity index (χ2n) is 4.18. The van der Waals surface area contributed by atoms with Gasteiger partial charge in [-0.2, -0.15) is 0 Å². The van der Waals surface area contributed by atoms with Crippen LogP contribution in [-0.2, 0) is 17.7 Å². The number of methoxy groups -OCH3 is 1. The zero-order valence-corrected chi connectivity index (χ0v) is 11.0. The number of nitrogens with two attached hydrogens (primary N) is 1. The first-order valence-corrected chi connectivity index (χ1v) is 6.02. The molecule has 2 heterocycles. The van der Waals surface area contributed by atoms with Crippen molar-refractivity contribution in [2.45, 2.75) is 26.3 Å². The van der Waals surface area contributed by atoms with Gasteiger partial charge in [-0.25, -0.2) is 14.8 Å². The summed E-state index contributed by atoms with van der Waals surface area (Å²) in [7, 11) is 1.31. The van der Waals surface area contributed by atoms with Crippen LogP contribution in [0, 0.1) is 6.92 Å². The van der Waals surface area contributed by atoms with Crippen LogP contribution in [-0.4, -0.2) is 32.6 Å². The van der Waals surface area contributed by atoms with Gasteiger partial charge in [-0.3, -0.25) is 0 Å². The molecule has 3 N–H and O–H groups in total. The van der Waals surface area contributed by atoms with Crippen LogP contribution in [0.4, 0.5) is 5.82 Å². The van der Waals surface area contributed by atoms with Gasteiger partial charge in [-0.05, 0) is 13.3 Å². The SMILES string of the molecule is COC(=O)c1nc(C)n(CCCc2ncc[nH]2)c1N. The average molecular weight is 263 g/mol. The number of rotatable bonds is 5. The summed E-state index contributed by atoms with van der Waals surface area (Å²) in [4.78, 5) is 22.8. The average Bonchev–Trinajstić information content (AvgIpc) is 3.00. The minimum Gasteiger partial charge on any atom is -0.464 e. The molecule has 19 heavy (non-hydrogen) atoms. The Kier molecular flexibility index (Phi) is 3.84. The Morgan fingerprint density at radius 1 is 1.58 bits per heavy atom. The summed E-state index contributed by atoms with van der Waals surface area (Å²) in [6.07, 6.45) is 5.19. The third-order valence-corrected chi connectivity index (χ3v) is 2.93. The highest BCUT2D eigenvalue weighted by molar-refractivity contribution is 5.92. The first-order valence-electron chi connectivity index (χ1n) is 6.02. The van der Waals surface area contributed by atoms with Crippen LogP contribution in [0.2, 0.25) is 0 Å². The van der Waals surface area contributed by atoms with E-state index >= 15 is 0 Å². The number of esters is 1. The largest absolute Gasteiger partial charge is 0.464 e. The summed E-state index contributed by atoms with van der Waals surface area (Å²) in [6, 6.07) is 0.